The van der Waals surface area contributed by atoms with Crippen molar-refractivity contribution >= 4 is 29.9 Å². The molecule has 3 aliphatic rings. The molecule has 0 aromatic rings. The van der Waals surface area contributed by atoms with Crippen LogP contribution in [0.1, 0.15) is 57.8 Å². The second kappa shape index (κ2) is 11.7. The van der Waals surface area contributed by atoms with Crippen LogP contribution in [0, 0.1) is 11.8 Å². The Kier molecular flexibility index (Phi) is 9.99. The lowest BCUT2D eigenvalue weighted by Gasteiger charge is -2.33. The smallest absolute Gasteiger partial charge is 0.191 e. The average Bonchev–Trinajstić information content (AvgIpc) is 3.43. The molecule has 0 spiro atoms. The third-order valence-corrected chi connectivity index (χ3v) is 6.39. The summed E-state index contributed by atoms with van der Waals surface area (Å²) in [7, 11) is 3.70. The van der Waals surface area contributed by atoms with Crippen molar-refractivity contribution in [3.05, 3.63) is 0 Å². The van der Waals surface area contributed by atoms with E-state index in [2.05, 4.69) is 20.5 Å². The quantitative estimate of drug-likeness (QED) is 0.255. The summed E-state index contributed by atoms with van der Waals surface area (Å²) in [4.78, 5) is 7.05. The van der Waals surface area contributed by atoms with Gasteiger partial charge in [0.15, 0.2) is 5.96 Å². The third kappa shape index (κ3) is 6.82. The van der Waals surface area contributed by atoms with Gasteiger partial charge in [-0.25, -0.2) is 0 Å². The predicted octanol–water partition coefficient (Wildman–Crippen LogP) is 3.24. The zero-order chi connectivity index (χ0) is 17.5. The molecule has 0 aromatic carbocycles. The maximum absolute atomic E-state index is 5.15. The van der Waals surface area contributed by atoms with Crippen molar-refractivity contribution in [3.8, 4) is 0 Å². The van der Waals surface area contributed by atoms with Crippen LogP contribution in [0.5, 0.6) is 0 Å². The summed E-state index contributed by atoms with van der Waals surface area (Å²) in [6.45, 7) is 4.41. The summed E-state index contributed by atoms with van der Waals surface area (Å²) in [5, 5.41) is 7.37. The fourth-order valence-corrected chi connectivity index (χ4v) is 4.74. The van der Waals surface area contributed by atoms with Gasteiger partial charge in [0.2, 0.25) is 0 Å². The van der Waals surface area contributed by atoms with E-state index in [4.69, 9.17) is 4.74 Å². The third-order valence-electron chi connectivity index (χ3n) is 6.39. The highest BCUT2D eigenvalue weighted by Crippen LogP contribution is 2.44. The number of hydrogen-bond donors (Lipinski definition) is 2. The molecule has 0 bridgehead atoms. The first-order chi connectivity index (χ1) is 12.3. The molecule has 5 nitrogen and oxygen atoms in total. The van der Waals surface area contributed by atoms with Crippen LogP contribution in [0.4, 0.5) is 0 Å². The monoisotopic (exact) mass is 478 g/mol. The van der Waals surface area contributed by atoms with E-state index in [0.29, 0.717) is 12.1 Å². The highest BCUT2D eigenvalue weighted by Gasteiger charge is 2.43. The number of nitrogens with one attached hydrogen (secondary N) is 2. The van der Waals surface area contributed by atoms with E-state index >= 15 is 0 Å². The van der Waals surface area contributed by atoms with E-state index in [-0.39, 0.29) is 24.0 Å². The van der Waals surface area contributed by atoms with E-state index in [1.54, 1.807) is 7.11 Å². The molecular formula is C20H39IN4O. The van der Waals surface area contributed by atoms with Crippen molar-refractivity contribution < 1.29 is 4.74 Å². The van der Waals surface area contributed by atoms with Gasteiger partial charge in [-0.1, -0.05) is 32.1 Å². The number of guanidine groups is 1. The molecule has 2 saturated carbocycles. The molecule has 0 amide bonds. The average molecular weight is 478 g/mol. The lowest BCUT2D eigenvalue weighted by Crippen LogP contribution is -2.49. The fourth-order valence-electron chi connectivity index (χ4n) is 4.74. The molecule has 1 saturated heterocycles. The normalized spacial score (nSPS) is 28.5. The first kappa shape index (κ1) is 22.2. The van der Waals surface area contributed by atoms with Crippen LogP contribution in [0.3, 0.4) is 0 Å². The minimum absolute atomic E-state index is 0. The first-order valence-corrected chi connectivity index (χ1v) is 10.5. The Hall–Kier alpha value is -0.0800. The van der Waals surface area contributed by atoms with E-state index in [1.807, 2.05) is 7.05 Å². The molecule has 3 rings (SSSR count). The van der Waals surface area contributed by atoms with Gasteiger partial charge in [0.1, 0.15) is 0 Å². The minimum atomic E-state index is 0. The summed E-state index contributed by atoms with van der Waals surface area (Å²) in [6, 6.07) is 1.24. The summed E-state index contributed by atoms with van der Waals surface area (Å²) >= 11 is 0. The molecule has 2 atom stereocenters. The molecule has 2 unspecified atom stereocenters. The van der Waals surface area contributed by atoms with Crippen LogP contribution in [-0.4, -0.2) is 63.3 Å². The number of halogens is 1. The van der Waals surface area contributed by atoms with Gasteiger partial charge in [-0.3, -0.25) is 4.99 Å². The number of likely N-dealkylation sites (tertiary alicyclic amines) is 1. The number of rotatable bonds is 7. The van der Waals surface area contributed by atoms with E-state index in [0.717, 1.165) is 30.8 Å². The van der Waals surface area contributed by atoms with Crippen LogP contribution in [-0.2, 0) is 4.74 Å². The number of hydrogen-bond acceptors (Lipinski definition) is 3. The van der Waals surface area contributed by atoms with Gasteiger partial charge < -0.3 is 20.3 Å². The molecule has 152 valence electrons. The van der Waals surface area contributed by atoms with Gasteiger partial charge in [-0.05, 0) is 37.5 Å². The molecular weight excluding hydrogens is 439 g/mol. The zero-order valence-electron chi connectivity index (χ0n) is 16.7. The molecule has 0 radical (unpaired) electrons. The summed E-state index contributed by atoms with van der Waals surface area (Å²) < 4.78 is 5.15. The van der Waals surface area contributed by atoms with Crippen molar-refractivity contribution in [2.45, 2.75) is 69.9 Å². The zero-order valence-corrected chi connectivity index (χ0v) is 19.0. The Labute approximate surface area is 177 Å². The Morgan fingerprint density at radius 3 is 2.46 bits per heavy atom. The van der Waals surface area contributed by atoms with Gasteiger partial charge in [0.05, 0.1) is 0 Å². The fraction of sp³-hybridized carbons (Fsp3) is 0.950. The Morgan fingerprint density at radius 2 is 1.81 bits per heavy atom. The molecule has 6 heteroatoms. The lowest BCUT2D eigenvalue weighted by atomic mass is 9.85. The molecule has 26 heavy (non-hydrogen) atoms. The molecule has 3 fully saturated rings. The van der Waals surface area contributed by atoms with Crippen LogP contribution in [0.2, 0.25) is 0 Å². The first-order valence-electron chi connectivity index (χ1n) is 10.5. The Bertz CT molecular complexity index is 420. The highest BCUT2D eigenvalue weighted by molar-refractivity contribution is 14.0. The number of aliphatic imine (C=N–C) groups is 1. The van der Waals surface area contributed by atoms with Crippen LogP contribution >= 0.6 is 24.0 Å². The van der Waals surface area contributed by atoms with Crippen LogP contribution in [0.15, 0.2) is 4.99 Å². The SMILES string of the molecule is CN=C(NC1CCN(CCCOC)CC1)NC1CC1C1CCCCC1.I. The molecule has 0 aromatic heterocycles. The highest BCUT2D eigenvalue weighted by atomic mass is 127. The Balaban J connectivity index is 0.00000243. The van der Waals surface area contributed by atoms with Gasteiger partial charge in [-0.15, -0.1) is 24.0 Å². The summed E-state index contributed by atoms with van der Waals surface area (Å²) in [5.41, 5.74) is 0. The lowest BCUT2D eigenvalue weighted by molar-refractivity contribution is 0.155. The maximum atomic E-state index is 5.15. The maximum Gasteiger partial charge on any atom is 0.191 e. The van der Waals surface area contributed by atoms with Gasteiger partial charge in [-0.2, -0.15) is 0 Å². The molecule has 1 aliphatic heterocycles. The standard InChI is InChI=1S/C20H38N4O.HI/c1-21-20(23-19-15-18(19)16-7-4-3-5-8-16)22-17-9-12-24(13-10-17)11-6-14-25-2;/h16-19H,3-15H2,1-2H3,(H2,21,22,23);1H. The topological polar surface area (TPSA) is 48.9 Å². The van der Waals surface area contributed by atoms with Crippen LogP contribution in [0.25, 0.3) is 0 Å². The van der Waals surface area contributed by atoms with E-state index in [9.17, 15) is 0 Å². The predicted molar refractivity (Wildman–Crippen MR) is 119 cm³/mol. The molecule has 2 aliphatic carbocycles. The van der Waals surface area contributed by atoms with Crippen molar-refractivity contribution in [1.82, 2.24) is 15.5 Å². The van der Waals surface area contributed by atoms with Gasteiger partial charge >= 0.3 is 0 Å². The second-order valence-electron chi connectivity index (χ2n) is 8.23. The Morgan fingerprint density at radius 1 is 1.08 bits per heavy atom. The molecule has 2 N–H and O–H groups in total. The van der Waals surface area contributed by atoms with Gasteiger partial charge in [0.25, 0.3) is 0 Å². The summed E-state index contributed by atoms with van der Waals surface area (Å²) in [6.07, 6.45) is 12.2. The number of nitrogens with zero attached hydrogens (tertiary/aromatic N) is 2. The number of ether oxygens (including phenoxy) is 1. The van der Waals surface area contributed by atoms with Crippen molar-refractivity contribution in [2.75, 3.05) is 40.4 Å². The second-order valence-corrected chi connectivity index (χ2v) is 8.23. The van der Waals surface area contributed by atoms with Crippen LogP contribution < -0.4 is 10.6 Å². The van der Waals surface area contributed by atoms with Crippen molar-refractivity contribution in [2.24, 2.45) is 16.8 Å². The summed E-state index contributed by atoms with van der Waals surface area (Å²) in [5.74, 6) is 2.90. The van der Waals surface area contributed by atoms with E-state index in [1.165, 1.54) is 71.0 Å². The van der Waals surface area contributed by atoms with E-state index < -0.39 is 0 Å². The van der Waals surface area contributed by atoms with Crippen molar-refractivity contribution in [3.63, 3.8) is 0 Å². The number of methoxy groups -OCH3 is 1. The molecule has 1 heterocycles. The largest absolute Gasteiger partial charge is 0.385 e. The van der Waals surface area contributed by atoms with Gasteiger partial charge in [0, 0.05) is 52.5 Å². The number of piperidine rings is 1. The van der Waals surface area contributed by atoms with Crippen molar-refractivity contribution in [1.29, 1.82) is 0 Å². The minimum Gasteiger partial charge on any atom is -0.385 e.